The molecule has 2 saturated carbocycles. The maximum absolute atomic E-state index is 11.2. The molecule has 0 aromatic heterocycles. The molecule has 9 heavy (non-hydrogen) atoms. The van der Waals surface area contributed by atoms with Gasteiger partial charge in [0.2, 0.25) is 0 Å². The van der Waals surface area contributed by atoms with Crippen molar-refractivity contribution in [3.63, 3.8) is 0 Å². The van der Waals surface area contributed by atoms with Crippen molar-refractivity contribution in [1.82, 2.24) is 0 Å². The molecule has 2 rings (SSSR count). The third-order valence-electron chi connectivity index (χ3n) is 3.00. The Bertz CT molecular complexity index is 162. The van der Waals surface area contributed by atoms with E-state index >= 15 is 0 Å². The third-order valence-corrected chi connectivity index (χ3v) is 3.00. The van der Waals surface area contributed by atoms with Gasteiger partial charge in [-0.25, -0.2) is 0 Å². The minimum absolute atomic E-state index is 0.165. The molecule has 1 heteroatoms. The van der Waals surface area contributed by atoms with Crippen LogP contribution in [0.2, 0.25) is 0 Å². The Balaban J connectivity index is 2.19. The van der Waals surface area contributed by atoms with Crippen molar-refractivity contribution in [2.45, 2.75) is 32.6 Å². The highest BCUT2D eigenvalue weighted by molar-refractivity contribution is 5.88. The zero-order chi connectivity index (χ0) is 6.48. The Morgan fingerprint density at radius 2 is 2.44 bits per heavy atom. The molecule has 2 aliphatic rings. The molecule has 50 valence electrons. The van der Waals surface area contributed by atoms with E-state index in [1.165, 1.54) is 12.8 Å². The monoisotopic (exact) mass is 124 g/mol. The molecule has 1 nitrogen and oxygen atoms in total. The number of Topliss-reactive ketones (excluding diaryl/α,β-unsaturated/α-hetero) is 1. The van der Waals surface area contributed by atoms with Gasteiger partial charge in [0, 0.05) is 11.8 Å². The summed E-state index contributed by atoms with van der Waals surface area (Å²) in [5.74, 6) is 1.30. The molecule has 0 N–H and O–H groups in total. The fraction of sp³-hybridized carbons (Fsp3) is 0.875. The van der Waals surface area contributed by atoms with Crippen LogP contribution in [-0.2, 0) is 4.79 Å². The minimum atomic E-state index is 0.165. The quantitative estimate of drug-likeness (QED) is 0.481. The van der Waals surface area contributed by atoms with Crippen LogP contribution in [-0.4, -0.2) is 5.78 Å². The van der Waals surface area contributed by atoms with E-state index in [4.69, 9.17) is 0 Å². The first kappa shape index (κ1) is 5.45. The van der Waals surface area contributed by atoms with Crippen molar-refractivity contribution in [2.75, 3.05) is 0 Å². The number of carbonyl (C=O) groups is 1. The minimum Gasteiger partial charge on any atom is -0.299 e. The van der Waals surface area contributed by atoms with E-state index in [-0.39, 0.29) is 5.41 Å². The topological polar surface area (TPSA) is 17.1 Å². The van der Waals surface area contributed by atoms with Crippen LogP contribution in [0.25, 0.3) is 0 Å². The second kappa shape index (κ2) is 1.39. The zero-order valence-corrected chi connectivity index (χ0v) is 5.81. The number of hydrogen-bond donors (Lipinski definition) is 0. The summed E-state index contributed by atoms with van der Waals surface area (Å²) in [6, 6.07) is 0. The molecule has 0 amide bonds. The van der Waals surface area contributed by atoms with Gasteiger partial charge in [-0.3, -0.25) is 4.79 Å². The van der Waals surface area contributed by atoms with Crippen molar-refractivity contribution in [3.05, 3.63) is 0 Å². The average molecular weight is 124 g/mol. The van der Waals surface area contributed by atoms with Gasteiger partial charge in [0.25, 0.3) is 0 Å². The van der Waals surface area contributed by atoms with Crippen molar-refractivity contribution in [2.24, 2.45) is 11.3 Å². The molecule has 0 aromatic carbocycles. The molecule has 0 aliphatic heterocycles. The molecule has 2 aliphatic carbocycles. The van der Waals surface area contributed by atoms with Gasteiger partial charge < -0.3 is 0 Å². The lowest BCUT2D eigenvalue weighted by atomic mass is 9.89. The van der Waals surface area contributed by atoms with Gasteiger partial charge in [0.05, 0.1) is 0 Å². The molecule has 0 aromatic rings. The first-order valence-corrected chi connectivity index (χ1v) is 3.77. The lowest BCUT2D eigenvalue weighted by molar-refractivity contribution is -0.125. The predicted octanol–water partition coefficient (Wildman–Crippen LogP) is 1.77. The average Bonchev–Trinajstić information content (AvgIpc) is 2.44. The maximum Gasteiger partial charge on any atom is 0.139 e. The highest BCUT2D eigenvalue weighted by Gasteiger charge is 2.56. The van der Waals surface area contributed by atoms with Gasteiger partial charge in [-0.15, -0.1) is 0 Å². The lowest BCUT2D eigenvalue weighted by Gasteiger charge is -2.14. The van der Waals surface area contributed by atoms with Crippen LogP contribution in [0.4, 0.5) is 0 Å². The fourth-order valence-electron chi connectivity index (χ4n) is 2.01. The molecule has 0 radical (unpaired) electrons. The third kappa shape index (κ3) is 0.577. The van der Waals surface area contributed by atoms with E-state index in [0.29, 0.717) is 5.78 Å². The van der Waals surface area contributed by atoms with Crippen LogP contribution in [0.5, 0.6) is 0 Å². The predicted molar refractivity (Wildman–Crippen MR) is 35.1 cm³/mol. The number of ketones is 1. The van der Waals surface area contributed by atoms with Crippen molar-refractivity contribution in [1.29, 1.82) is 0 Å². The van der Waals surface area contributed by atoms with Crippen LogP contribution in [0, 0.1) is 11.3 Å². The van der Waals surface area contributed by atoms with Crippen LogP contribution in [0.15, 0.2) is 0 Å². The Morgan fingerprint density at radius 3 is 3.00 bits per heavy atom. The van der Waals surface area contributed by atoms with E-state index < -0.39 is 0 Å². The maximum atomic E-state index is 11.2. The van der Waals surface area contributed by atoms with Crippen LogP contribution < -0.4 is 0 Å². The number of hydrogen-bond acceptors (Lipinski definition) is 1. The van der Waals surface area contributed by atoms with Crippen molar-refractivity contribution < 1.29 is 4.79 Å². The summed E-state index contributed by atoms with van der Waals surface area (Å²) in [5, 5.41) is 0. The summed E-state index contributed by atoms with van der Waals surface area (Å²) in [4.78, 5) is 11.2. The van der Waals surface area contributed by atoms with E-state index in [1.54, 1.807) is 0 Å². The molecule has 0 unspecified atom stereocenters. The van der Waals surface area contributed by atoms with Gasteiger partial charge in [-0.1, -0.05) is 6.92 Å². The van der Waals surface area contributed by atoms with Gasteiger partial charge >= 0.3 is 0 Å². The van der Waals surface area contributed by atoms with Crippen LogP contribution in [0.3, 0.4) is 0 Å². The van der Waals surface area contributed by atoms with E-state index in [9.17, 15) is 4.79 Å². The van der Waals surface area contributed by atoms with Gasteiger partial charge in [0.1, 0.15) is 5.78 Å². The lowest BCUT2D eigenvalue weighted by Crippen LogP contribution is -2.18. The Morgan fingerprint density at radius 1 is 1.67 bits per heavy atom. The first-order valence-electron chi connectivity index (χ1n) is 3.77. The normalized spacial score (nSPS) is 48.6. The Hall–Kier alpha value is -0.330. The fourth-order valence-corrected chi connectivity index (χ4v) is 2.01. The largest absolute Gasteiger partial charge is 0.299 e. The Kier molecular flexibility index (Phi) is 0.842. The first-order chi connectivity index (χ1) is 4.23. The van der Waals surface area contributed by atoms with Gasteiger partial charge in [-0.05, 0) is 25.2 Å². The summed E-state index contributed by atoms with van der Waals surface area (Å²) in [5.41, 5.74) is 0.165. The molecule has 2 fully saturated rings. The highest BCUT2D eigenvalue weighted by atomic mass is 16.1. The number of carbonyl (C=O) groups excluding carboxylic acids is 1. The van der Waals surface area contributed by atoms with Crippen LogP contribution >= 0.6 is 0 Å². The summed E-state index contributed by atoms with van der Waals surface area (Å²) < 4.78 is 0. The SMILES string of the molecule is C[C@]12C[C@H]1CCCC2=O. The smallest absolute Gasteiger partial charge is 0.139 e. The second-order valence-electron chi connectivity index (χ2n) is 3.63. The molecule has 0 bridgehead atoms. The standard InChI is InChI=1S/C8H12O/c1-8-5-6(8)3-2-4-7(8)9/h6H,2-5H2,1H3/t6-,8+/m1/s1. The molecule has 0 spiro atoms. The highest BCUT2D eigenvalue weighted by Crippen LogP contribution is 2.58. The summed E-state index contributed by atoms with van der Waals surface area (Å²) in [7, 11) is 0. The molecule has 2 atom stereocenters. The van der Waals surface area contributed by atoms with Crippen molar-refractivity contribution in [3.8, 4) is 0 Å². The van der Waals surface area contributed by atoms with Crippen LogP contribution in [0.1, 0.15) is 32.6 Å². The van der Waals surface area contributed by atoms with Crippen molar-refractivity contribution >= 4 is 5.78 Å². The molecule has 0 saturated heterocycles. The molecular formula is C8H12O. The summed E-state index contributed by atoms with van der Waals surface area (Å²) in [6.07, 6.45) is 4.50. The van der Waals surface area contributed by atoms with Gasteiger partial charge in [0.15, 0.2) is 0 Å². The zero-order valence-electron chi connectivity index (χ0n) is 5.81. The molecule has 0 heterocycles. The summed E-state index contributed by atoms with van der Waals surface area (Å²) >= 11 is 0. The molecular weight excluding hydrogens is 112 g/mol. The summed E-state index contributed by atoms with van der Waals surface area (Å²) in [6.45, 7) is 2.12. The number of rotatable bonds is 0. The van der Waals surface area contributed by atoms with E-state index in [2.05, 4.69) is 6.92 Å². The van der Waals surface area contributed by atoms with Gasteiger partial charge in [-0.2, -0.15) is 0 Å². The number of fused-ring (bicyclic) bond motifs is 1. The second-order valence-corrected chi connectivity index (χ2v) is 3.63. The van der Waals surface area contributed by atoms with E-state index in [1.807, 2.05) is 0 Å². The van der Waals surface area contributed by atoms with E-state index in [0.717, 1.165) is 18.8 Å². The Labute approximate surface area is 55.4 Å².